The predicted octanol–water partition coefficient (Wildman–Crippen LogP) is 1.80. The fraction of sp³-hybridized carbons (Fsp3) is 0.643. The van der Waals surface area contributed by atoms with Gasteiger partial charge in [0, 0.05) is 32.0 Å². The van der Waals surface area contributed by atoms with Crippen LogP contribution in [0.3, 0.4) is 0 Å². The van der Waals surface area contributed by atoms with Crippen LogP contribution in [-0.2, 0) is 6.42 Å². The molecule has 17 heavy (non-hydrogen) atoms. The van der Waals surface area contributed by atoms with Crippen LogP contribution in [0.4, 0.5) is 0 Å². The van der Waals surface area contributed by atoms with E-state index in [0.29, 0.717) is 0 Å². The molecule has 0 amide bonds. The van der Waals surface area contributed by atoms with Gasteiger partial charge in [-0.1, -0.05) is 19.9 Å². The van der Waals surface area contributed by atoms with Crippen molar-refractivity contribution < 1.29 is 0 Å². The standard InChI is InChI=1S/C14H25N3/c1-13(2)11-16-8-10-17(3)9-6-14-5-4-7-15-12-14/h4-5,7,12-13,16H,6,8-11H2,1-3H3. The number of aromatic nitrogens is 1. The van der Waals surface area contributed by atoms with Crippen molar-refractivity contribution >= 4 is 0 Å². The highest BCUT2D eigenvalue weighted by molar-refractivity contribution is 5.08. The summed E-state index contributed by atoms with van der Waals surface area (Å²) in [5.41, 5.74) is 1.31. The minimum Gasteiger partial charge on any atom is -0.315 e. The topological polar surface area (TPSA) is 28.2 Å². The number of pyridine rings is 1. The average Bonchev–Trinajstić information content (AvgIpc) is 2.33. The van der Waals surface area contributed by atoms with E-state index in [4.69, 9.17) is 0 Å². The number of hydrogen-bond acceptors (Lipinski definition) is 3. The number of rotatable bonds is 8. The Morgan fingerprint density at radius 3 is 2.82 bits per heavy atom. The van der Waals surface area contributed by atoms with Gasteiger partial charge in [0.15, 0.2) is 0 Å². The first kappa shape index (κ1) is 14.1. The first-order valence-corrected chi connectivity index (χ1v) is 6.46. The largest absolute Gasteiger partial charge is 0.315 e. The van der Waals surface area contributed by atoms with Crippen LogP contribution in [0.15, 0.2) is 24.5 Å². The van der Waals surface area contributed by atoms with Crippen LogP contribution < -0.4 is 5.32 Å². The Bertz CT molecular complexity index is 285. The quantitative estimate of drug-likeness (QED) is 0.696. The van der Waals surface area contributed by atoms with E-state index in [1.807, 2.05) is 18.5 Å². The van der Waals surface area contributed by atoms with Gasteiger partial charge < -0.3 is 10.2 Å². The number of nitrogens with zero attached hydrogens (tertiary/aromatic N) is 2. The summed E-state index contributed by atoms with van der Waals surface area (Å²) < 4.78 is 0. The fourth-order valence-electron chi connectivity index (χ4n) is 1.64. The Labute approximate surface area is 105 Å². The zero-order chi connectivity index (χ0) is 12.5. The summed E-state index contributed by atoms with van der Waals surface area (Å²) in [5.74, 6) is 0.732. The summed E-state index contributed by atoms with van der Waals surface area (Å²) in [5, 5.41) is 3.46. The van der Waals surface area contributed by atoms with Crippen LogP contribution >= 0.6 is 0 Å². The molecule has 0 atom stereocenters. The van der Waals surface area contributed by atoms with Crippen molar-refractivity contribution in [2.45, 2.75) is 20.3 Å². The van der Waals surface area contributed by atoms with Crippen molar-refractivity contribution in [2.24, 2.45) is 5.92 Å². The van der Waals surface area contributed by atoms with Crippen molar-refractivity contribution in [3.8, 4) is 0 Å². The molecule has 1 N–H and O–H groups in total. The molecule has 1 rings (SSSR count). The minimum absolute atomic E-state index is 0.732. The summed E-state index contributed by atoms with van der Waals surface area (Å²) >= 11 is 0. The molecule has 1 heterocycles. The van der Waals surface area contributed by atoms with Gasteiger partial charge in [0.1, 0.15) is 0 Å². The Morgan fingerprint density at radius 2 is 2.18 bits per heavy atom. The van der Waals surface area contributed by atoms with E-state index in [1.54, 1.807) is 0 Å². The average molecular weight is 235 g/mol. The lowest BCUT2D eigenvalue weighted by molar-refractivity contribution is 0.332. The molecule has 0 aromatic carbocycles. The highest BCUT2D eigenvalue weighted by atomic mass is 15.1. The Balaban J connectivity index is 2.07. The van der Waals surface area contributed by atoms with Gasteiger partial charge >= 0.3 is 0 Å². The summed E-state index contributed by atoms with van der Waals surface area (Å²) in [7, 11) is 2.17. The third-order valence-electron chi connectivity index (χ3n) is 2.73. The van der Waals surface area contributed by atoms with Crippen LogP contribution in [0.25, 0.3) is 0 Å². The molecule has 1 aromatic rings. The summed E-state index contributed by atoms with van der Waals surface area (Å²) in [6.45, 7) is 8.85. The molecule has 96 valence electrons. The van der Waals surface area contributed by atoms with E-state index < -0.39 is 0 Å². The molecule has 0 aliphatic heterocycles. The molecule has 0 fully saturated rings. The summed E-state index contributed by atoms with van der Waals surface area (Å²) in [6.07, 6.45) is 4.85. The molecule has 0 aliphatic carbocycles. The Hall–Kier alpha value is -0.930. The number of likely N-dealkylation sites (N-methyl/N-ethyl adjacent to an activating group) is 1. The molecule has 0 aliphatic rings. The van der Waals surface area contributed by atoms with Crippen LogP contribution in [0.2, 0.25) is 0 Å². The monoisotopic (exact) mass is 235 g/mol. The Kier molecular flexibility index (Phi) is 6.82. The lowest BCUT2D eigenvalue weighted by Gasteiger charge is -2.17. The molecule has 3 heteroatoms. The van der Waals surface area contributed by atoms with Crippen molar-refractivity contribution in [2.75, 3.05) is 33.2 Å². The van der Waals surface area contributed by atoms with Crippen molar-refractivity contribution in [3.63, 3.8) is 0 Å². The SMILES string of the molecule is CC(C)CNCCN(C)CCc1cccnc1. The van der Waals surface area contributed by atoms with E-state index in [0.717, 1.165) is 38.5 Å². The van der Waals surface area contributed by atoms with Gasteiger partial charge in [-0.15, -0.1) is 0 Å². The maximum absolute atomic E-state index is 4.13. The lowest BCUT2D eigenvalue weighted by Crippen LogP contribution is -2.32. The van der Waals surface area contributed by atoms with Crippen LogP contribution in [0.1, 0.15) is 19.4 Å². The van der Waals surface area contributed by atoms with Crippen LogP contribution in [-0.4, -0.2) is 43.1 Å². The van der Waals surface area contributed by atoms with Gasteiger partial charge in [0.05, 0.1) is 0 Å². The molecule has 0 saturated heterocycles. The third kappa shape index (κ3) is 7.08. The second-order valence-corrected chi connectivity index (χ2v) is 5.01. The third-order valence-corrected chi connectivity index (χ3v) is 2.73. The molecular formula is C14H25N3. The molecule has 3 nitrogen and oxygen atoms in total. The van der Waals surface area contributed by atoms with Crippen molar-refractivity contribution in [3.05, 3.63) is 30.1 Å². The van der Waals surface area contributed by atoms with Gasteiger partial charge in [0.2, 0.25) is 0 Å². The van der Waals surface area contributed by atoms with E-state index >= 15 is 0 Å². The van der Waals surface area contributed by atoms with E-state index in [-0.39, 0.29) is 0 Å². The highest BCUT2D eigenvalue weighted by Crippen LogP contribution is 1.98. The maximum atomic E-state index is 4.13. The van der Waals surface area contributed by atoms with Crippen LogP contribution in [0.5, 0.6) is 0 Å². The molecule has 0 bridgehead atoms. The van der Waals surface area contributed by atoms with E-state index in [1.165, 1.54) is 5.56 Å². The van der Waals surface area contributed by atoms with Crippen molar-refractivity contribution in [1.29, 1.82) is 0 Å². The van der Waals surface area contributed by atoms with E-state index in [9.17, 15) is 0 Å². The maximum Gasteiger partial charge on any atom is 0.0300 e. The van der Waals surface area contributed by atoms with Gasteiger partial charge in [0.25, 0.3) is 0 Å². The molecule has 0 unspecified atom stereocenters. The first-order valence-electron chi connectivity index (χ1n) is 6.46. The zero-order valence-corrected chi connectivity index (χ0v) is 11.3. The summed E-state index contributed by atoms with van der Waals surface area (Å²) in [4.78, 5) is 6.49. The normalized spacial score (nSPS) is 11.4. The van der Waals surface area contributed by atoms with Gasteiger partial charge in [-0.05, 0) is 37.6 Å². The molecule has 0 spiro atoms. The first-order chi connectivity index (χ1) is 8.18. The van der Waals surface area contributed by atoms with Crippen LogP contribution in [0, 0.1) is 5.92 Å². The second-order valence-electron chi connectivity index (χ2n) is 5.01. The van der Waals surface area contributed by atoms with E-state index in [2.05, 4.69) is 42.2 Å². The fourth-order valence-corrected chi connectivity index (χ4v) is 1.64. The lowest BCUT2D eigenvalue weighted by atomic mass is 10.2. The molecule has 1 aromatic heterocycles. The molecule has 0 radical (unpaired) electrons. The highest BCUT2D eigenvalue weighted by Gasteiger charge is 1.99. The smallest absolute Gasteiger partial charge is 0.0300 e. The predicted molar refractivity (Wildman–Crippen MR) is 73.1 cm³/mol. The zero-order valence-electron chi connectivity index (χ0n) is 11.3. The Morgan fingerprint density at radius 1 is 1.35 bits per heavy atom. The number of hydrogen-bond donors (Lipinski definition) is 1. The molecule has 0 saturated carbocycles. The second kappa shape index (κ2) is 8.20. The van der Waals surface area contributed by atoms with Gasteiger partial charge in [-0.3, -0.25) is 4.98 Å². The van der Waals surface area contributed by atoms with Gasteiger partial charge in [-0.25, -0.2) is 0 Å². The van der Waals surface area contributed by atoms with Gasteiger partial charge in [-0.2, -0.15) is 0 Å². The number of nitrogens with one attached hydrogen (secondary N) is 1. The minimum atomic E-state index is 0.732. The van der Waals surface area contributed by atoms with Crippen molar-refractivity contribution in [1.82, 2.24) is 15.2 Å². The molecular weight excluding hydrogens is 210 g/mol. The summed E-state index contributed by atoms with van der Waals surface area (Å²) in [6, 6.07) is 4.14.